The van der Waals surface area contributed by atoms with Crippen LogP contribution in [0.2, 0.25) is 0 Å². The summed E-state index contributed by atoms with van der Waals surface area (Å²) in [6.07, 6.45) is 0.780. The Labute approximate surface area is 90.5 Å². The Hall–Kier alpha value is -0.930. The van der Waals surface area contributed by atoms with Crippen LogP contribution in [0.3, 0.4) is 0 Å². The molecule has 0 aliphatic carbocycles. The minimum absolute atomic E-state index is 0.184. The van der Waals surface area contributed by atoms with Crippen molar-refractivity contribution < 1.29 is 4.39 Å². The SMILES string of the molecule is CC(C)(CCN)C(N)c1ccccc1F. The normalized spacial score (nSPS) is 13.9. The summed E-state index contributed by atoms with van der Waals surface area (Å²) in [6, 6.07) is 6.33. The summed E-state index contributed by atoms with van der Waals surface area (Å²) in [6.45, 7) is 4.59. The molecule has 1 atom stereocenters. The highest BCUT2D eigenvalue weighted by Gasteiger charge is 2.28. The van der Waals surface area contributed by atoms with E-state index < -0.39 is 0 Å². The Morgan fingerprint density at radius 2 is 1.93 bits per heavy atom. The first-order valence-corrected chi connectivity index (χ1v) is 5.19. The van der Waals surface area contributed by atoms with E-state index in [1.807, 2.05) is 13.8 Å². The van der Waals surface area contributed by atoms with Gasteiger partial charge in [0.15, 0.2) is 0 Å². The van der Waals surface area contributed by atoms with Crippen LogP contribution < -0.4 is 11.5 Å². The second-order valence-corrected chi connectivity index (χ2v) is 4.53. The van der Waals surface area contributed by atoms with E-state index in [2.05, 4.69) is 0 Å². The molecule has 0 aliphatic heterocycles. The molecule has 0 aromatic heterocycles. The molecule has 2 nitrogen and oxygen atoms in total. The van der Waals surface area contributed by atoms with Gasteiger partial charge < -0.3 is 11.5 Å². The zero-order valence-electron chi connectivity index (χ0n) is 9.33. The van der Waals surface area contributed by atoms with Crippen LogP contribution in [-0.4, -0.2) is 6.54 Å². The van der Waals surface area contributed by atoms with Crippen LogP contribution in [0.5, 0.6) is 0 Å². The highest BCUT2D eigenvalue weighted by molar-refractivity contribution is 5.22. The van der Waals surface area contributed by atoms with Crippen LogP contribution in [0.25, 0.3) is 0 Å². The summed E-state index contributed by atoms with van der Waals surface area (Å²) in [5, 5.41) is 0. The summed E-state index contributed by atoms with van der Waals surface area (Å²) in [7, 11) is 0. The third-order valence-electron chi connectivity index (χ3n) is 2.87. The molecule has 1 unspecified atom stereocenters. The summed E-state index contributed by atoms with van der Waals surface area (Å²) in [4.78, 5) is 0. The quantitative estimate of drug-likeness (QED) is 0.800. The summed E-state index contributed by atoms with van der Waals surface area (Å²) >= 11 is 0. The maximum Gasteiger partial charge on any atom is 0.127 e. The van der Waals surface area contributed by atoms with E-state index >= 15 is 0 Å². The van der Waals surface area contributed by atoms with E-state index in [1.165, 1.54) is 6.07 Å². The van der Waals surface area contributed by atoms with Gasteiger partial charge in [0, 0.05) is 11.6 Å². The van der Waals surface area contributed by atoms with Gasteiger partial charge in [-0.1, -0.05) is 32.0 Å². The minimum atomic E-state index is -0.317. The molecule has 1 rings (SSSR count). The molecule has 3 heteroatoms. The molecule has 0 saturated carbocycles. The van der Waals surface area contributed by atoms with E-state index in [9.17, 15) is 4.39 Å². The lowest BCUT2D eigenvalue weighted by Gasteiger charge is -2.31. The first-order valence-electron chi connectivity index (χ1n) is 5.19. The van der Waals surface area contributed by atoms with Gasteiger partial charge in [-0.3, -0.25) is 0 Å². The number of halogens is 1. The lowest BCUT2D eigenvalue weighted by molar-refractivity contribution is 0.266. The summed E-state index contributed by atoms with van der Waals surface area (Å²) < 4.78 is 13.5. The zero-order chi connectivity index (χ0) is 11.5. The molecule has 15 heavy (non-hydrogen) atoms. The fourth-order valence-electron chi connectivity index (χ4n) is 1.68. The third kappa shape index (κ3) is 2.76. The van der Waals surface area contributed by atoms with Gasteiger partial charge in [-0.05, 0) is 24.4 Å². The summed E-state index contributed by atoms with van der Waals surface area (Å²) in [5.41, 5.74) is 12.0. The van der Waals surface area contributed by atoms with Gasteiger partial charge in [0.2, 0.25) is 0 Å². The highest BCUT2D eigenvalue weighted by Crippen LogP contribution is 2.34. The zero-order valence-corrected chi connectivity index (χ0v) is 9.33. The van der Waals surface area contributed by atoms with Gasteiger partial charge in [-0.15, -0.1) is 0 Å². The lowest BCUT2D eigenvalue weighted by Crippen LogP contribution is -2.32. The minimum Gasteiger partial charge on any atom is -0.330 e. The Balaban J connectivity index is 2.93. The van der Waals surface area contributed by atoms with E-state index in [1.54, 1.807) is 18.2 Å². The Kier molecular flexibility index (Phi) is 3.83. The van der Waals surface area contributed by atoms with Crippen molar-refractivity contribution in [3.05, 3.63) is 35.6 Å². The maximum absolute atomic E-state index is 13.5. The maximum atomic E-state index is 13.5. The van der Waals surface area contributed by atoms with Crippen LogP contribution in [0.4, 0.5) is 4.39 Å². The molecule has 0 heterocycles. The Bertz CT molecular complexity index is 323. The van der Waals surface area contributed by atoms with Crippen LogP contribution in [-0.2, 0) is 0 Å². The molecule has 1 aromatic carbocycles. The average Bonchev–Trinajstić information content (AvgIpc) is 2.17. The summed E-state index contributed by atoms with van der Waals surface area (Å²) in [5.74, 6) is -0.241. The van der Waals surface area contributed by atoms with Crippen molar-refractivity contribution in [2.24, 2.45) is 16.9 Å². The first kappa shape index (κ1) is 12.1. The topological polar surface area (TPSA) is 52.0 Å². The molecule has 0 spiro atoms. The standard InChI is InChI=1S/C12H19FN2/c1-12(2,7-8-14)11(15)9-5-3-4-6-10(9)13/h3-6,11H,7-8,14-15H2,1-2H3. The monoisotopic (exact) mass is 210 g/mol. The predicted octanol–water partition coefficient (Wildman–Crippen LogP) is 2.20. The van der Waals surface area contributed by atoms with Gasteiger partial charge in [-0.25, -0.2) is 4.39 Å². The van der Waals surface area contributed by atoms with Crippen molar-refractivity contribution in [1.82, 2.24) is 0 Å². The smallest absolute Gasteiger partial charge is 0.127 e. The second-order valence-electron chi connectivity index (χ2n) is 4.53. The van der Waals surface area contributed by atoms with Gasteiger partial charge in [0.25, 0.3) is 0 Å². The number of hydrogen-bond donors (Lipinski definition) is 2. The predicted molar refractivity (Wildman–Crippen MR) is 60.8 cm³/mol. The Morgan fingerprint density at radius 1 is 1.33 bits per heavy atom. The van der Waals surface area contributed by atoms with Gasteiger partial charge in [-0.2, -0.15) is 0 Å². The fourth-order valence-corrected chi connectivity index (χ4v) is 1.68. The number of benzene rings is 1. The molecule has 0 fully saturated rings. The van der Waals surface area contributed by atoms with Crippen LogP contribution >= 0.6 is 0 Å². The molecule has 0 amide bonds. The van der Waals surface area contributed by atoms with Crippen molar-refractivity contribution in [3.63, 3.8) is 0 Å². The van der Waals surface area contributed by atoms with Crippen molar-refractivity contribution in [1.29, 1.82) is 0 Å². The molecule has 0 saturated heterocycles. The fraction of sp³-hybridized carbons (Fsp3) is 0.500. The van der Waals surface area contributed by atoms with Gasteiger partial charge >= 0.3 is 0 Å². The molecular formula is C12H19FN2. The van der Waals surface area contributed by atoms with Crippen molar-refractivity contribution in [3.8, 4) is 0 Å². The number of nitrogens with two attached hydrogens (primary N) is 2. The second kappa shape index (κ2) is 4.73. The Morgan fingerprint density at radius 3 is 2.47 bits per heavy atom. The molecule has 4 N–H and O–H groups in total. The largest absolute Gasteiger partial charge is 0.330 e. The molecule has 0 bridgehead atoms. The van der Waals surface area contributed by atoms with E-state index in [-0.39, 0.29) is 17.3 Å². The molecule has 0 aliphatic rings. The number of hydrogen-bond acceptors (Lipinski definition) is 2. The third-order valence-corrected chi connectivity index (χ3v) is 2.87. The molecule has 1 aromatic rings. The lowest BCUT2D eigenvalue weighted by atomic mass is 9.78. The first-order chi connectivity index (χ1) is 6.99. The van der Waals surface area contributed by atoms with Crippen LogP contribution in [0.1, 0.15) is 31.9 Å². The van der Waals surface area contributed by atoms with Crippen molar-refractivity contribution in [2.75, 3.05) is 6.54 Å². The molecule has 0 radical (unpaired) electrons. The van der Waals surface area contributed by atoms with Gasteiger partial charge in [0.1, 0.15) is 5.82 Å². The average molecular weight is 210 g/mol. The number of rotatable bonds is 4. The van der Waals surface area contributed by atoms with Gasteiger partial charge in [0.05, 0.1) is 0 Å². The van der Waals surface area contributed by atoms with E-state index in [0.29, 0.717) is 12.1 Å². The van der Waals surface area contributed by atoms with Crippen LogP contribution in [0.15, 0.2) is 24.3 Å². The van der Waals surface area contributed by atoms with E-state index in [4.69, 9.17) is 11.5 Å². The van der Waals surface area contributed by atoms with E-state index in [0.717, 1.165) is 6.42 Å². The molecular weight excluding hydrogens is 191 g/mol. The van der Waals surface area contributed by atoms with Crippen molar-refractivity contribution in [2.45, 2.75) is 26.3 Å². The highest BCUT2D eigenvalue weighted by atomic mass is 19.1. The van der Waals surface area contributed by atoms with Crippen LogP contribution in [0, 0.1) is 11.2 Å². The van der Waals surface area contributed by atoms with Crippen molar-refractivity contribution >= 4 is 0 Å². The molecule has 84 valence electrons.